The normalized spacial score (nSPS) is 12.6. The molecular formula is C72H139NO5. The molecule has 0 aliphatic carbocycles. The predicted octanol–water partition coefficient (Wildman–Crippen LogP) is 22.9. The summed E-state index contributed by atoms with van der Waals surface area (Å²) < 4.78 is 5.50. The summed E-state index contributed by atoms with van der Waals surface area (Å²) in [6.45, 7) is 4.96. The molecule has 2 unspecified atom stereocenters. The van der Waals surface area contributed by atoms with Crippen LogP contribution in [0.5, 0.6) is 0 Å². The number of hydrogen-bond donors (Lipinski definition) is 3. The largest absolute Gasteiger partial charge is 0.466 e. The average Bonchev–Trinajstić information content (AvgIpc) is 3.44. The summed E-state index contributed by atoms with van der Waals surface area (Å²) in [4.78, 5) is 24.6. The lowest BCUT2D eigenvalue weighted by Gasteiger charge is -2.22. The Balaban J connectivity index is 3.31. The van der Waals surface area contributed by atoms with Crippen LogP contribution in [0.25, 0.3) is 0 Å². The molecular weight excluding hydrogens is 959 g/mol. The number of esters is 1. The zero-order valence-electron chi connectivity index (χ0n) is 52.9. The Morgan fingerprint density at radius 2 is 0.641 bits per heavy atom. The Kier molecular flexibility index (Phi) is 66.4. The van der Waals surface area contributed by atoms with Gasteiger partial charge in [0.15, 0.2) is 0 Å². The molecule has 78 heavy (non-hydrogen) atoms. The molecule has 0 aliphatic heterocycles. The molecule has 6 nitrogen and oxygen atoms in total. The van der Waals surface area contributed by atoms with Crippen LogP contribution in [-0.4, -0.2) is 47.4 Å². The quantitative estimate of drug-likeness (QED) is 0.0320. The molecule has 0 rings (SSSR count). The minimum Gasteiger partial charge on any atom is -0.466 e. The third-order valence-corrected chi connectivity index (χ3v) is 16.8. The lowest BCUT2D eigenvalue weighted by Crippen LogP contribution is -2.45. The Labute approximate surface area is 488 Å². The van der Waals surface area contributed by atoms with Gasteiger partial charge in [0.2, 0.25) is 5.91 Å². The molecule has 0 aromatic rings. The predicted molar refractivity (Wildman–Crippen MR) is 343 cm³/mol. The van der Waals surface area contributed by atoms with Crippen LogP contribution < -0.4 is 5.32 Å². The second kappa shape index (κ2) is 67.8. The number of ether oxygens (including phenoxy) is 1. The van der Waals surface area contributed by atoms with Crippen molar-refractivity contribution in [2.75, 3.05) is 13.2 Å². The molecule has 0 spiro atoms. The molecule has 0 aromatic heterocycles. The van der Waals surface area contributed by atoms with Gasteiger partial charge >= 0.3 is 5.97 Å². The van der Waals surface area contributed by atoms with Gasteiger partial charge < -0.3 is 20.3 Å². The van der Waals surface area contributed by atoms with Gasteiger partial charge in [-0.15, -0.1) is 0 Å². The van der Waals surface area contributed by atoms with Crippen LogP contribution in [0.15, 0.2) is 24.3 Å². The number of hydrogen-bond acceptors (Lipinski definition) is 5. The highest BCUT2D eigenvalue weighted by molar-refractivity contribution is 5.76. The maximum Gasteiger partial charge on any atom is 0.305 e. The molecule has 0 heterocycles. The van der Waals surface area contributed by atoms with E-state index < -0.39 is 12.1 Å². The first-order valence-electron chi connectivity index (χ1n) is 35.6. The van der Waals surface area contributed by atoms with Gasteiger partial charge in [0.25, 0.3) is 0 Å². The molecule has 6 heteroatoms. The van der Waals surface area contributed by atoms with Crippen LogP contribution in [0.3, 0.4) is 0 Å². The molecule has 0 aromatic carbocycles. The number of nitrogens with one attached hydrogen (secondary N) is 1. The van der Waals surface area contributed by atoms with Crippen LogP contribution in [0.4, 0.5) is 0 Å². The molecule has 0 saturated heterocycles. The van der Waals surface area contributed by atoms with Crippen molar-refractivity contribution in [3.8, 4) is 0 Å². The number of allylic oxidation sites excluding steroid dienone is 4. The Hall–Kier alpha value is -1.66. The van der Waals surface area contributed by atoms with Crippen molar-refractivity contribution in [3.63, 3.8) is 0 Å². The van der Waals surface area contributed by atoms with Crippen LogP contribution in [0.1, 0.15) is 399 Å². The summed E-state index contributed by atoms with van der Waals surface area (Å²) in [6.07, 6.45) is 85.2. The smallest absolute Gasteiger partial charge is 0.305 e. The van der Waals surface area contributed by atoms with Crippen molar-refractivity contribution in [1.82, 2.24) is 5.32 Å². The lowest BCUT2D eigenvalue weighted by atomic mass is 10.0. The number of carbonyl (C=O) groups is 2. The molecule has 0 aliphatic rings. The van der Waals surface area contributed by atoms with Gasteiger partial charge in [-0.05, 0) is 57.8 Å². The van der Waals surface area contributed by atoms with Gasteiger partial charge in [-0.2, -0.15) is 0 Å². The fourth-order valence-corrected chi connectivity index (χ4v) is 11.3. The van der Waals surface area contributed by atoms with Crippen LogP contribution >= 0.6 is 0 Å². The fourth-order valence-electron chi connectivity index (χ4n) is 11.3. The zero-order chi connectivity index (χ0) is 56.4. The number of rotatable bonds is 67. The van der Waals surface area contributed by atoms with Crippen molar-refractivity contribution in [2.24, 2.45) is 0 Å². The van der Waals surface area contributed by atoms with Crippen molar-refractivity contribution < 1.29 is 24.5 Å². The fraction of sp³-hybridized carbons (Fsp3) is 0.917. The maximum atomic E-state index is 12.5. The highest BCUT2D eigenvalue weighted by Gasteiger charge is 2.20. The van der Waals surface area contributed by atoms with E-state index in [0.29, 0.717) is 25.9 Å². The van der Waals surface area contributed by atoms with Crippen LogP contribution in [0.2, 0.25) is 0 Å². The molecule has 0 bridgehead atoms. The van der Waals surface area contributed by atoms with E-state index in [1.807, 2.05) is 0 Å². The van der Waals surface area contributed by atoms with E-state index in [9.17, 15) is 19.8 Å². The standard InChI is InChI=1S/C72H139NO5/c1-3-5-7-9-11-13-15-17-18-34-38-42-46-50-54-58-62-66-72(77)78-67-63-59-55-51-47-43-39-36-33-31-29-27-25-23-21-19-20-22-24-26-28-30-32-35-37-41-45-49-53-57-61-65-71(76)73-69(68-74)70(75)64-60-56-52-48-44-40-16-14-12-10-8-6-4-2/h11,13,17-18,69-70,74-75H,3-10,12,14-16,19-68H2,1-2H3,(H,73,76)/b13-11-,18-17-. The number of carbonyl (C=O) groups excluding carboxylic acids is 2. The Morgan fingerprint density at radius 3 is 1.00 bits per heavy atom. The SMILES string of the molecule is CCCCC/C=C\C/C=C\CCCCCCCCCC(=O)OCCCCCCCCCCCCCCCCCCCCCCCCCCCCCCCCCC(=O)NC(CO)C(O)CCCCCCCCCCCCCCC. The topological polar surface area (TPSA) is 95.9 Å². The molecule has 2 atom stereocenters. The van der Waals surface area contributed by atoms with E-state index in [-0.39, 0.29) is 18.5 Å². The van der Waals surface area contributed by atoms with Crippen molar-refractivity contribution in [1.29, 1.82) is 0 Å². The van der Waals surface area contributed by atoms with E-state index >= 15 is 0 Å². The van der Waals surface area contributed by atoms with Crippen molar-refractivity contribution in [2.45, 2.75) is 411 Å². The Bertz CT molecular complexity index is 1220. The van der Waals surface area contributed by atoms with E-state index in [4.69, 9.17) is 4.74 Å². The van der Waals surface area contributed by atoms with E-state index in [1.165, 1.54) is 315 Å². The molecule has 0 saturated carbocycles. The van der Waals surface area contributed by atoms with Gasteiger partial charge in [0.05, 0.1) is 25.4 Å². The summed E-state index contributed by atoms with van der Waals surface area (Å²) in [5, 5.41) is 23.3. The van der Waals surface area contributed by atoms with Crippen molar-refractivity contribution in [3.05, 3.63) is 24.3 Å². The maximum absolute atomic E-state index is 12.5. The first kappa shape index (κ1) is 76.3. The summed E-state index contributed by atoms with van der Waals surface area (Å²) in [6, 6.07) is -0.537. The average molecular weight is 1100 g/mol. The van der Waals surface area contributed by atoms with Gasteiger partial charge in [-0.25, -0.2) is 0 Å². The van der Waals surface area contributed by atoms with Crippen LogP contribution in [-0.2, 0) is 14.3 Å². The minimum atomic E-state index is -0.660. The zero-order valence-corrected chi connectivity index (χ0v) is 52.9. The summed E-state index contributed by atoms with van der Waals surface area (Å²) in [5.74, 6) is -0.0151. The molecule has 462 valence electrons. The number of unbranched alkanes of at least 4 members (excludes halogenated alkanes) is 52. The van der Waals surface area contributed by atoms with Gasteiger partial charge in [-0.1, -0.05) is 353 Å². The van der Waals surface area contributed by atoms with Crippen molar-refractivity contribution >= 4 is 11.9 Å². The molecule has 0 fully saturated rings. The molecule has 0 radical (unpaired) electrons. The number of aliphatic hydroxyl groups is 2. The summed E-state index contributed by atoms with van der Waals surface area (Å²) in [5.41, 5.74) is 0. The highest BCUT2D eigenvalue weighted by atomic mass is 16.5. The van der Waals surface area contributed by atoms with Gasteiger partial charge in [0, 0.05) is 12.8 Å². The lowest BCUT2D eigenvalue weighted by molar-refractivity contribution is -0.143. The molecule has 1 amide bonds. The third-order valence-electron chi connectivity index (χ3n) is 16.8. The highest BCUT2D eigenvalue weighted by Crippen LogP contribution is 2.19. The van der Waals surface area contributed by atoms with Crippen LogP contribution in [0, 0.1) is 0 Å². The number of amides is 1. The third kappa shape index (κ3) is 63.5. The summed E-state index contributed by atoms with van der Waals surface area (Å²) >= 11 is 0. The first-order chi connectivity index (χ1) is 38.5. The monoisotopic (exact) mass is 1100 g/mol. The minimum absolute atomic E-state index is 0.0135. The van der Waals surface area contributed by atoms with E-state index in [1.54, 1.807) is 0 Å². The molecule has 3 N–H and O–H groups in total. The van der Waals surface area contributed by atoms with E-state index in [2.05, 4.69) is 43.5 Å². The van der Waals surface area contributed by atoms with Gasteiger partial charge in [-0.3, -0.25) is 9.59 Å². The second-order valence-corrected chi connectivity index (χ2v) is 24.6. The number of aliphatic hydroxyl groups excluding tert-OH is 2. The first-order valence-corrected chi connectivity index (χ1v) is 35.6. The van der Waals surface area contributed by atoms with Gasteiger partial charge in [0.1, 0.15) is 0 Å². The summed E-state index contributed by atoms with van der Waals surface area (Å²) in [7, 11) is 0. The van der Waals surface area contributed by atoms with E-state index in [0.717, 1.165) is 51.4 Å². The second-order valence-electron chi connectivity index (χ2n) is 24.6. The Morgan fingerprint density at radius 1 is 0.359 bits per heavy atom.